The third-order valence-electron chi connectivity index (χ3n) is 4.42. The van der Waals surface area contributed by atoms with Crippen LogP contribution in [0, 0.1) is 5.92 Å². The van der Waals surface area contributed by atoms with Crippen molar-refractivity contribution in [3.63, 3.8) is 0 Å². The predicted molar refractivity (Wildman–Crippen MR) is 108 cm³/mol. The maximum absolute atomic E-state index is 12.2. The van der Waals surface area contributed by atoms with Gasteiger partial charge < -0.3 is 20.4 Å². The van der Waals surface area contributed by atoms with Crippen molar-refractivity contribution in [2.75, 3.05) is 6.61 Å². The van der Waals surface area contributed by atoms with Gasteiger partial charge in [0.25, 0.3) is 0 Å². The van der Waals surface area contributed by atoms with Gasteiger partial charge in [-0.2, -0.15) is 0 Å². The molecule has 0 heterocycles. The molecular formula is C22H30O6. The normalized spacial score (nSPS) is 13.7. The SMILES string of the molecule is C/C(=C\Cc1cc(C(=O)O)cc(CC[C@H](C)C(=O)/C=C/C(C)(C)O)c1O)CO. The molecule has 0 saturated carbocycles. The van der Waals surface area contributed by atoms with Crippen molar-refractivity contribution in [1.82, 2.24) is 0 Å². The third kappa shape index (κ3) is 7.66. The molecule has 1 atom stereocenters. The summed E-state index contributed by atoms with van der Waals surface area (Å²) < 4.78 is 0. The Balaban J connectivity index is 3.00. The molecule has 4 N–H and O–H groups in total. The quantitative estimate of drug-likeness (QED) is 0.361. The lowest BCUT2D eigenvalue weighted by molar-refractivity contribution is -0.118. The number of aliphatic hydroxyl groups excluding tert-OH is 1. The molecule has 6 heteroatoms. The zero-order valence-electron chi connectivity index (χ0n) is 16.9. The van der Waals surface area contributed by atoms with E-state index in [4.69, 9.17) is 5.11 Å². The van der Waals surface area contributed by atoms with E-state index in [1.807, 2.05) is 0 Å². The van der Waals surface area contributed by atoms with Gasteiger partial charge in [0.2, 0.25) is 0 Å². The molecule has 0 aliphatic heterocycles. The molecule has 6 nitrogen and oxygen atoms in total. The summed E-state index contributed by atoms with van der Waals surface area (Å²) >= 11 is 0. The van der Waals surface area contributed by atoms with Gasteiger partial charge in [-0.1, -0.05) is 24.6 Å². The van der Waals surface area contributed by atoms with Crippen molar-refractivity contribution in [2.45, 2.75) is 52.6 Å². The maximum Gasteiger partial charge on any atom is 0.335 e. The number of carboxylic acid groups (broad SMARTS) is 1. The Hall–Kier alpha value is -2.44. The molecule has 0 radical (unpaired) electrons. The van der Waals surface area contributed by atoms with E-state index in [0.717, 1.165) is 5.57 Å². The highest BCUT2D eigenvalue weighted by Gasteiger charge is 2.17. The van der Waals surface area contributed by atoms with Gasteiger partial charge in [0.05, 0.1) is 17.8 Å². The van der Waals surface area contributed by atoms with Gasteiger partial charge in [-0.25, -0.2) is 4.79 Å². The molecule has 0 aromatic heterocycles. The summed E-state index contributed by atoms with van der Waals surface area (Å²) in [6.07, 6.45) is 5.59. The van der Waals surface area contributed by atoms with Gasteiger partial charge in [0.1, 0.15) is 5.75 Å². The van der Waals surface area contributed by atoms with Crippen molar-refractivity contribution in [3.05, 3.63) is 52.6 Å². The standard InChI is InChI=1S/C22H30O6/c1-14(13-23)5-7-16-11-18(21(26)27)12-17(20(16)25)8-6-15(2)19(24)9-10-22(3,4)28/h5,9-12,15,23,25,28H,6-8,13H2,1-4H3,(H,26,27)/b10-9+,14-5+/t15-/m0/s1. The highest BCUT2D eigenvalue weighted by Crippen LogP contribution is 2.28. The number of phenols is 1. The van der Waals surface area contributed by atoms with Gasteiger partial charge in [-0.3, -0.25) is 4.79 Å². The summed E-state index contributed by atoms with van der Waals surface area (Å²) in [5.41, 5.74) is 0.649. The van der Waals surface area contributed by atoms with E-state index in [2.05, 4.69) is 0 Å². The molecule has 28 heavy (non-hydrogen) atoms. The van der Waals surface area contributed by atoms with E-state index in [1.165, 1.54) is 24.3 Å². The fourth-order valence-corrected chi connectivity index (χ4v) is 2.54. The number of rotatable bonds is 10. The molecule has 0 aliphatic carbocycles. The molecule has 0 saturated heterocycles. The minimum absolute atomic E-state index is 0.0127. The lowest BCUT2D eigenvalue weighted by Crippen LogP contribution is -2.16. The summed E-state index contributed by atoms with van der Waals surface area (Å²) in [7, 11) is 0. The molecular weight excluding hydrogens is 360 g/mol. The number of hydrogen-bond acceptors (Lipinski definition) is 5. The molecule has 1 aromatic carbocycles. The van der Waals surface area contributed by atoms with E-state index in [1.54, 1.807) is 33.8 Å². The minimum atomic E-state index is -1.09. The molecule has 1 aromatic rings. The first kappa shape index (κ1) is 23.6. The van der Waals surface area contributed by atoms with Crippen LogP contribution in [0.5, 0.6) is 5.75 Å². The number of carbonyl (C=O) groups excluding carboxylic acids is 1. The molecule has 0 amide bonds. The highest BCUT2D eigenvalue weighted by atomic mass is 16.4. The fourth-order valence-electron chi connectivity index (χ4n) is 2.54. The summed E-state index contributed by atoms with van der Waals surface area (Å²) in [4.78, 5) is 23.6. The largest absolute Gasteiger partial charge is 0.507 e. The van der Waals surface area contributed by atoms with Crippen molar-refractivity contribution in [2.24, 2.45) is 5.92 Å². The second-order valence-electron chi connectivity index (χ2n) is 7.69. The van der Waals surface area contributed by atoms with Crippen LogP contribution >= 0.6 is 0 Å². The summed E-state index contributed by atoms with van der Waals surface area (Å²) in [6, 6.07) is 2.84. The molecule has 154 valence electrons. The van der Waals surface area contributed by atoms with Crippen LogP contribution in [0.1, 0.15) is 55.6 Å². The third-order valence-corrected chi connectivity index (χ3v) is 4.42. The summed E-state index contributed by atoms with van der Waals surface area (Å²) in [5.74, 6) is -1.56. The van der Waals surface area contributed by atoms with E-state index in [-0.39, 0.29) is 29.6 Å². The number of aromatic hydroxyl groups is 1. The van der Waals surface area contributed by atoms with Crippen molar-refractivity contribution in [1.29, 1.82) is 0 Å². The molecule has 0 fully saturated rings. The average Bonchev–Trinajstić information content (AvgIpc) is 2.62. The number of benzene rings is 1. The Morgan fingerprint density at radius 3 is 2.36 bits per heavy atom. The van der Waals surface area contributed by atoms with Gasteiger partial charge in [-0.15, -0.1) is 0 Å². The van der Waals surface area contributed by atoms with Crippen molar-refractivity contribution >= 4 is 11.8 Å². The van der Waals surface area contributed by atoms with Gasteiger partial charge in [-0.05, 0) is 69.4 Å². The van der Waals surface area contributed by atoms with Crippen LogP contribution in [-0.2, 0) is 17.6 Å². The van der Waals surface area contributed by atoms with Crippen molar-refractivity contribution in [3.8, 4) is 5.75 Å². The molecule has 1 rings (SSSR count). The number of phenolic OH excluding ortho intramolecular Hbond substituents is 1. The number of aromatic carboxylic acids is 1. The number of carboxylic acids is 1. The molecule has 0 aliphatic rings. The first-order valence-corrected chi connectivity index (χ1v) is 9.24. The van der Waals surface area contributed by atoms with Crippen LogP contribution in [0.25, 0.3) is 0 Å². The Morgan fingerprint density at radius 1 is 1.21 bits per heavy atom. The average molecular weight is 390 g/mol. The van der Waals surface area contributed by atoms with E-state index in [0.29, 0.717) is 30.4 Å². The lowest BCUT2D eigenvalue weighted by atomic mass is 9.93. The molecule has 0 spiro atoms. The lowest BCUT2D eigenvalue weighted by Gasteiger charge is -2.14. The van der Waals surface area contributed by atoms with E-state index in [9.17, 15) is 24.9 Å². The summed E-state index contributed by atoms with van der Waals surface area (Å²) in [5, 5.41) is 38.6. The van der Waals surface area contributed by atoms with Crippen LogP contribution < -0.4 is 0 Å². The Morgan fingerprint density at radius 2 is 1.82 bits per heavy atom. The monoisotopic (exact) mass is 390 g/mol. The van der Waals surface area contributed by atoms with Gasteiger partial charge in [0.15, 0.2) is 5.78 Å². The molecule has 0 unspecified atom stereocenters. The number of allylic oxidation sites excluding steroid dienone is 2. The van der Waals surface area contributed by atoms with Crippen LogP contribution in [0.2, 0.25) is 0 Å². The number of hydrogen-bond donors (Lipinski definition) is 4. The zero-order valence-corrected chi connectivity index (χ0v) is 16.9. The van der Waals surface area contributed by atoms with Gasteiger partial charge in [0, 0.05) is 5.92 Å². The second-order valence-corrected chi connectivity index (χ2v) is 7.69. The van der Waals surface area contributed by atoms with Gasteiger partial charge >= 0.3 is 5.97 Å². The maximum atomic E-state index is 12.2. The van der Waals surface area contributed by atoms with Crippen LogP contribution in [0.15, 0.2) is 35.9 Å². The van der Waals surface area contributed by atoms with Crippen molar-refractivity contribution < 1.29 is 30.0 Å². The van der Waals surface area contributed by atoms with Crippen LogP contribution in [0.4, 0.5) is 0 Å². The predicted octanol–water partition coefficient (Wildman–Crippen LogP) is 3.04. The van der Waals surface area contributed by atoms with Crippen LogP contribution in [0.3, 0.4) is 0 Å². The number of ketones is 1. The smallest absolute Gasteiger partial charge is 0.335 e. The Labute approximate surface area is 165 Å². The first-order chi connectivity index (χ1) is 12.9. The summed E-state index contributed by atoms with van der Waals surface area (Å²) in [6.45, 7) is 6.54. The Kier molecular flexibility index (Phi) is 8.60. The number of aliphatic hydroxyl groups is 2. The first-order valence-electron chi connectivity index (χ1n) is 9.24. The zero-order chi connectivity index (χ0) is 21.5. The van der Waals surface area contributed by atoms with Crippen LogP contribution in [-0.4, -0.2) is 44.4 Å². The second kappa shape index (κ2) is 10.2. The molecule has 0 bridgehead atoms. The van der Waals surface area contributed by atoms with E-state index >= 15 is 0 Å². The Bertz CT molecular complexity index is 768. The topological polar surface area (TPSA) is 115 Å². The number of aryl methyl sites for hydroxylation is 1. The minimum Gasteiger partial charge on any atom is -0.507 e. The van der Waals surface area contributed by atoms with E-state index < -0.39 is 11.6 Å². The number of carbonyl (C=O) groups is 2. The highest BCUT2D eigenvalue weighted by molar-refractivity contribution is 5.91. The fraction of sp³-hybridized carbons (Fsp3) is 0.455.